The standard InChI is InChI=1S/C19H12ClN3O/c20-13-8-10-14(11-9-13)24-19-15-5-1-2-6-16(15)22-18(23-19)17-7-3-4-12-21-17/h1-12H. The summed E-state index contributed by atoms with van der Waals surface area (Å²) in [5.41, 5.74) is 1.50. The zero-order valence-electron chi connectivity index (χ0n) is 12.6. The predicted octanol–water partition coefficient (Wildman–Crippen LogP) is 5.14. The zero-order chi connectivity index (χ0) is 16.4. The molecule has 2 aromatic carbocycles. The fourth-order valence-electron chi connectivity index (χ4n) is 2.35. The van der Waals surface area contributed by atoms with Crippen molar-refractivity contribution in [2.75, 3.05) is 0 Å². The highest BCUT2D eigenvalue weighted by atomic mass is 35.5. The van der Waals surface area contributed by atoms with Crippen LogP contribution in [-0.4, -0.2) is 15.0 Å². The van der Waals surface area contributed by atoms with Crippen LogP contribution in [0.2, 0.25) is 5.02 Å². The van der Waals surface area contributed by atoms with Gasteiger partial charge in [0.25, 0.3) is 0 Å². The third-order valence-electron chi connectivity index (χ3n) is 3.49. The predicted molar refractivity (Wildman–Crippen MR) is 94.3 cm³/mol. The molecular weight excluding hydrogens is 322 g/mol. The first-order valence-corrected chi connectivity index (χ1v) is 7.79. The molecule has 0 fully saturated rings. The SMILES string of the molecule is Clc1ccc(Oc2nc(-c3ccccn3)nc3ccccc23)cc1. The molecule has 0 saturated heterocycles. The molecule has 0 radical (unpaired) electrons. The lowest BCUT2D eigenvalue weighted by atomic mass is 10.2. The van der Waals surface area contributed by atoms with Crippen molar-refractivity contribution in [1.29, 1.82) is 0 Å². The van der Waals surface area contributed by atoms with E-state index in [9.17, 15) is 0 Å². The Balaban J connectivity index is 1.85. The van der Waals surface area contributed by atoms with Crippen molar-refractivity contribution in [1.82, 2.24) is 15.0 Å². The first kappa shape index (κ1) is 14.6. The molecule has 0 aliphatic carbocycles. The van der Waals surface area contributed by atoms with Crippen molar-refractivity contribution in [3.8, 4) is 23.1 Å². The third-order valence-corrected chi connectivity index (χ3v) is 3.74. The number of hydrogen-bond donors (Lipinski definition) is 0. The fraction of sp³-hybridized carbons (Fsp3) is 0. The molecule has 4 aromatic rings. The molecule has 0 saturated carbocycles. The van der Waals surface area contributed by atoms with Crippen LogP contribution >= 0.6 is 11.6 Å². The second-order valence-corrected chi connectivity index (χ2v) is 5.58. The summed E-state index contributed by atoms with van der Waals surface area (Å²) in [7, 11) is 0. The number of para-hydroxylation sites is 1. The molecule has 2 aromatic heterocycles. The number of hydrogen-bond acceptors (Lipinski definition) is 4. The number of fused-ring (bicyclic) bond motifs is 1. The minimum atomic E-state index is 0.489. The second kappa shape index (κ2) is 6.26. The van der Waals surface area contributed by atoms with Crippen LogP contribution in [0, 0.1) is 0 Å². The summed E-state index contributed by atoms with van der Waals surface area (Å²) in [6.07, 6.45) is 1.72. The molecule has 0 aliphatic rings. The van der Waals surface area contributed by atoms with Gasteiger partial charge in [0, 0.05) is 11.2 Å². The monoisotopic (exact) mass is 333 g/mol. The molecule has 4 nitrogen and oxygen atoms in total. The van der Waals surface area contributed by atoms with Gasteiger partial charge in [-0.15, -0.1) is 0 Å². The maximum Gasteiger partial charge on any atom is 0.230 e. The number of nitrogens with zero attached hydrogens (tertiary/aromatic N) is 3. The van der Waals surface area contributed by atoms with E-state index in [2.05, 4.69) is 15.0 Å². The summed E-state index contributed by atoms with van der Waals surface area (Å²) in [6, 6.07) is 20.5. The Kier molecular flexibility index (Phi) is 3.81. The average molecular weight is 334 g/mol. The van der Waals surface area contributed by atoms with Crippen LogP contribution in [0.3, 0.4) is 0 Å². The fourth-order valence-corrected chi connectivity index (χ4v) is 2.48. The van der Waals surface area contributed by atoms with E-state index in [0.29, 0.717) is 28.2 Å². The van der Waals surface area contributed by atoms with E-state index in [0.717, 1.165) is 10.9 Å². The number of benzene rings is 2. The molecule has 0 aliphatic heterocycles. The summed E-state index contributed by atoms with van der Waals surface area (Å²) < 4.78 is 5.97. The zero-order valence-corrected chi connectivity index (χ0v) is 13.3. The highest BCUT2D eigenvalue weighted by Gasteiger charge is 2.11. The molecule has 4 rings (SSSR count). The second-order valence-electron chi connectivity index (χ2n) is 5.14. The van der Waals surface area contributed by atoms with Crippen molar-refractivity contribution in [3.05, 3.63) is 77.9 Å². The van der Waals surface area contributed by atoms with Gasteiger partial charge in [0.2, 0.25) is 5.88 Å². The van der Waals surface area contributed by atoms with E-state index in [1.807, 2.05) is 42.5 Å². The molecule has 0 amide bonds. The molecule has 116 valence electrons. The van der Waals surface area contributed by atoms with Crippen LogP contribution < -0.4 is 4.74 Å². The number of ether oxygens (including phenoxy) is 1. The molecule has 24 heavy (non-hydrogen) atoms. The van der Waals surface area contributed by atoms with Gasteiger partial charge in [-0.2, -0.15) is 4.98 Å². The van der Waals surface area contributed by atoms with E-state index in [4.69, 9.17) is 16.3 Å². The molecule has 0 atom stereocenters. The van der Waals surface area contributed by atoms with Crippen LogP contribution in [0.5, 0.6) is 11.6 Å². The highest BCUT2D eigenvalue weighted by molar-refractivity contribution is 6.30. The van der Waals surface area contributed by atoms with E-state index in [1.165, 1.54) is 0 Å². The third kappa shape index (κ3) is 2.92. The summed E-state index contributed by atoms with van der Waals surface area (Å²) in [5, 5.41) is 1.50. The van der Waals surface area contributed by atoms with Gasteiger partial charge in [0.1, 0.15) is 11.4 Å². The number of aromatic nitrogens is 3. The lowest BCUT2D eigenvalue weighted by molar-refractivity contribution is 0.469. The smallest absolute Gasteiger partial charge is 0.230 e. The lowest BCUT2D eigenvalue weighted by Crippen LogP contribution is -1.97. The van der Waals surface area contributed by atoms with E-state index < -0.39 is 0 Å². The minimum Gasteiger partial charge on any atom is -0.438 e. The quantitative estimate of drug-likeness (QED) is 0.521. The van der Waals surface area contributed by atoms with Crippen LogP contribution in [-0.2, 0) is 0 Å². The van der Waals surface area contributed by atoms with Crippen LogP contribution in [0.4, 0.5) is 0 Å². The Bertz CT molecular complexity index is 988. The van der Waals surface area contributed by atoms with Crippen molar-refractivity contribution < 1.29 is 4.74 Å². The Morgan fingerprint density at radius 2 is 1.58 bits per heavy atom. The lowest BCUT2D eigenvalue weighted by Gasteiger charge is -2.10. The van der Waals surface area contributed by atoms with E-state index >= 15 is 0 Å². The Hall–Kier alpha value is -2.98. The number of rotatable bonds is 3. The summed E-state index contributed by atoms with van der Waals surface area (Å²) in [5.74, 6) is 1.68. The van der Waals surface area contributed by atoms with E-state index in [-0.39, 0.29) is 0 Å². The van der Waals surface area contributed by atoms with Gasteiger partial charge in [0.15, 0.2) is 5.82 Å². The van der Waals surface area contributed by atoms with E-state index in [1.54, 1.807) is 30.5 Å². The van der Waals surface area contributed by atoms with Gasteiger partial charge in [0.05, 0.1) is 10.9 Å². The molecule has 0 unspecified atom stereocenters. The first-order chi connectivity index (χ1) is 11.8. The summed E-state index contributed by atoms with van der Waals surface area (Å²) in [6.45, 7) is 0. The van der Waals surface area contributed by atoms with Gasteiger partial charge in [-0.1, -0.05) is 29.8 Å². The highest BCUT2D eigenvalue weighted by Crippen LogP contribution is 2.30. The molecule has 5 heteroatoms. The maximum atomic E-state index is 5.97. The molecule has 2 heterocycles. The van der Waals surface area contributed by atoms with Crippen molar-refractivity contribution >= 4 is 22.5 Å². The van der Waals surface area contributed by atoms with Crippen molar-refractivity contribution in [2.24, 2.45) is 0 Å². The van der Waals surface area contributed by atoms with Crippen LogP contribution in [0.15, 0.2) is 72.9 Å². The van der Waals surface area contributed by atoms with Gasteiger partial charge < -0.3 is 4.74 Å². The molecular formula is C19H12ClN3O. The topological polar surface area (TPSA) is 47.9 Å². The normalized spacial score (nSPS) is 10.7. The number of halogens is 1. The van der Waals surface area contributed by atoms with Gasteiger partial charge >= 0.3 is 0 Å². The van der Waals surface area contributed by atoms with Gasteiger partial charge in [-0.25, -0.2) is 4.98 Å². The van der Waals surface area contributed by atoms with Gasteiger partial charge in [-0.05, 0) is 48.5 Å². The van der Waals surface area contributed by atoms with Crippen molar-refractivity contribution in [2.45, 2.75) is 0 Å². The first-order valence-electron chi connectivity index (χ1n) is 7.41. The minimum absolute atomic E-state index is 0.489. The molecule has 0 N–H and O–H groups in total. The maximum absolute atomic E-state index is 5.97. The summed E-state index contributed by atoms with van der Waals surface area (Å²) >= 11 is 5.93. The average Bonchev–Trinajstić information content (AvgIpc) is 2.64. The Morgan fingerprint density at radius 3 is 2.38 bits per heavy atom. The molecule has 0 bridgehead atoms. The largest absolute Gasteiger partial charge is 0.438 e. The Labute approximate surface area is 143 Å². The number of pyridine rings is 1. The van der Waals surface area contributed by atoms with Gasteiger partial charge in [-0.3, -0.25) is 4.98 Å². The van der Waals surface area contributed by atoms with Crippen LogP contribution in [0.1, 0.15) is 0 Å². The van der Waals surface area contributed by atoms with Crippen LogP contribution in [0.25, 0.3) is 22.4 Å². The Morgan fingerprint density at radius 1 is 0.792 bits per heavy atom. The molecule has 0 spiro atoms. The van der Waals surface area contributed by atoms with Crippen molar-refractivity contribution in [3.63, 3.8) is 0 Å². The summed E-state index contributed by atoms with van der Waals surface area (Å²) in [4.78, 5) is 13.5.